The number of carbonyl (C=O) groups excluding carboxylic acids is 3. The summed E-state index contributed by atoms with van der Waals surface area (Å²) in [5, 5.41) is 12.2. The maximum atomic E-state index is 13.2. The summed E-state index contributed by atoms with van der Waals surface area (Å²) >= 11 is 0. The number of non-ortho nitro benzene ring substituents is 1. The zero-order chi connectivity index (χ0) is 22.3. The van der Waals surface area contributed by atoms with Crippen LogP contribution in [0.15, 0.2) is 54.6 Å². The molecule has 8 heteroatoms. The average Bonchev–Trinajstić information content (AvgIpc) is 2.78. The highest BCUT2D eigenvalue weighted by Crippen LogP contribution is 2.35. The SMILES string of the molecule is CCN(CC)C(=O)c1ccc(N2C(=O)c3cccc4cc([N+](=O)[O-])cc(c34)C2=O)cc1. The summed E-state index contributed by atoms with van der Waals surface area (Å²) in [5.74, 6) is -1.29. The van der Waals surface area contributed by atoms with E-state index >= 15 is 0 Å². The molecular formula is C23H19N3O5. The molecule has 0 spiro atoms. The number of anilines is 1. The van der Waals surface area contributed by atoms with E-state index in [1.807, 2.05) is 13.8 Å². The quantitative estimate of drug-likeness (QED) is 0.354. The van der Waals surface area contributed by atoms with Crippen LogP contribution in [0, 0.1) is 10.1 Å². The summed E-state index contributed by atoms with van der Waals surface area (Å²) in [4.78, 5) is 52.3. The number of hydrogen-bond acceptors (Lipinski definition) is 5. The van der Waals surface area contributed by atoms with Gasteiger partial charge in [0.15, 0.2) is 0 Å². The molecule has 0 aliphatic carbocycles. The number of carbonyl (C=O) groups is 3. The fraction of sp³-hybridized carbons (Fsp3) is 0.174. The molecule has 0 saturated heterocycles. The fourth-order valence-electron chi connectivity index (χ4n) is 3.88. The predicted molar refractivity (Wildman–Crippen MR) is 115 cm³/mol. The molecule has 3 amide bonds. The van der Waals surface area contributed by atoms with Gasteiger partial charge in [0.05, 0.1) is 16.2 Å². The Bertz CT molecular complexity index is 1250. The zero-order valence-electron chi connectivity index (χ0n) is 17.0. The van der Waals surface area contributed by atoms with Gasteiger partial charge in [-0.25, -0.2) is 4.90 Å². The summed E-state index contributed by atoms with van der Waals surface area (Å²) in [5.41, 5.74) is 0.915. The van der Waals surface area contributed by atoms with E-state index in [-0.39, 0.29) is 17.2 Å². The molecule has 0 atom stereocenters. The molecular weight excluding hydrogens is 398 g/mol. The highest BCUT2D eigenvalue weighted by atomic mass is 16.6. The molecule has 156 valence electrons. The van der Waals surface area contributed by atoms with E-state index in [2.05, 4.69) is 0 Å². The Labute approximate surface area is 177 Å². The molecule has 3 aromatic carbocycles. The maximum Gasteiger partial charge on any atom is 0.270 e. The summed E-state index contributed by atoms with van der Waals surface area (Å²) < 4.78 is 0. The second-order valence-electron chi connectivity index (χ2n) is 7.12. The van der Waals surface area contributed by atoms with Crippen molar-refractivity contribution in [3.8, 4) is 0 Å². The zero-order valence-corrected chi connectivity index (χ0v) is 17.0. The molecule has 8 nitrogen and oxygen atoms in total. The van der Waals surface area contributed by atoms with Crippen LogP contribution in [0.25, 0.3) is 10.8 Å². The van der Waals surface area contributed by atoms with Crippen molar-refractivity contribution in [3.05, 3.63) is 81.4 Å². The summed E-state index contributed by atoms with van der Waals surface area (Å²) in [6.45, 7) is 4.91. The number of nitro groups is 1. The monoisotopic (exact) mass is 417 g/mol. The average molecular weight is 417 g/mol. The van der Waals surface area contributed by atoms with E-state index in [1.165, 1.54) is 24.3 Å². The predicted octanol–water partition coefficient (Wildman–Crippen LogP) is 4.03. The van der Waals surface area contributed by atoms with Crippen LogP contribution in [0.5, 0.6) is 0 Å². The smallest absolute Gasteiger partial charge is 0.270 e. The first-order chi connectivity index (χ1) is 14.9. The minimum atomic E-state index is -0.639. The van der Waals surface area contributed by atoms with Crippen molar-refractivity contribution < 1.29 is 19.3 Å². The van der Waals surface area contributed by atoms with Crippen LogP contribution in [0.1, 0.15) is 44.9 Å². The van der Waals surface area contributed by atoms with Gasteiger partial charge in [-0.05, 0) is 49.6 Å². The number of amides is 3. The van der Waals surface area contributed by atoms with Crippen molar-refractivity contribution in [2.45, 2.75) is 13.8 Å². The molecule has 1 heterocycles. The summed E-state index contributed by atoms with van der Waals surface area (Å²) in [7, 11) is 0. The van der Waals surface area contributed by atoms with E-state index in [0.29, 0.717) is 40.7 Å². The Morgan fingerprint density at radius 3 is 2.23 bits per heavy atom. The summed E-state index contributed by atoms with van der Waals surface area (Å²) in [6, 6.07) is 13.6. The number of rotatable bonds is 5. The largest absolute Gasteiger partial charge is 0.339 e. The van der Waals surface area contributed by atoms with Crippen LogP contribution in [0.3, 0.4) is 0 Å². The Morgan fingerprint density at radius 2 is 1.61 bits per heavy atom. The first-order valence-corrected chi connectivity index (χ1v) is 9.86. The lowest BCUT2D eigenvalue weighted by atomic mass is 9.93. The lowest BCUT2D eigenvalue weighted by Crippen LogP contribution is -2.40. The number of hydrogen-bond donors (Lipinski definition) is 0. The molecule has 0 radical (unpaired) electrons. The summed E-state index contributed by atoms with van der Waals surface area (Å²) in [6.07, 6.45) is 0. The van der Waals surface area contributed by atoms with Crippen molar-refractivity contribution in [1.82, 2.24) is 4.90 Å². The molecule has 0 aromatic heterocycles. The minimum absolute atomic E-state index is 0.0997. The molecule has 0 bridgehead atoms. The highest BCUT2D eigenvalue weighted by molar-refractivity contribution is 6.36. The van der Waals surface area contributed by atoms with Crippen molar-refractivity contribution >= 4 is 39.9 Å². The van der Waals surface area contributed by atoms with Crippen LogP contribution in [0.2, 0.25) is 0 Å². The van der Waals surface area contributed by atoms with Crippen LogP contribution in [-0.2, 0) is 0 Å². The molecule has 0 saturated carbocycles. The third kappa shape index (κ3) is 3.22. The van der Waals surface area contributed by atoms with E-state index in [9.17, 15) is 24.5 Å². The third-order valence-electron chi connectivity index (χ3n) is 5.46. The van der Waals surface area contributed by atoms with E-state index in [0.717, 1.165) is 4.90 Å². The highest BCUT2D eigenvalue weighted by Gasteiger charge is 2.35. The molecule has 0 N–H and O–H groups in total. The van der Waals surface area contributed by atoms with Gasteiger partial charge in [0, 0.05) is 41.7 Å². The van der Waals surface area contributed by atoms with Crippen LogP contribution >= 0.6 is 0 Å². The van der Waals surface area contributed by atoms with Gasteiger partial charge in [-0.3, -0.25) is 24.5 Å². The second kappa shape index (κ2) is 7.64. The Kier molecular flexibility index (Phi) is 4.98. The van der Waals surface area contributed by atoms with Crippen LogP contribution < -0.4 is 4.90 Å². The molecule has 31 heavy (non-hydrogen) atoms. The van der Waals surface area contributed by atoms with Gasteiger partial charge in [0.2, 0.25) is 0 Å². The Balaban J connectivity index is 1.79. The Hall–Kier alpha value is -4.07. The van der Waals surface area contributed by atoms with E-state index in [1.54, 1.807) is 35.2 Å². The molecule has 1 aliphatic rings. The van der Waals surface area contributed by atoms with Crippen molar-refractivity contribution in [3.63, 3.8) is 0 Å². The van der Waals surface area contributed by atoms with Crippen LogP contribution in [-0.4, -0.2) is 40.6 Å². The molecule has 1 aliphatic heterocycles. The molecule has 0 fully saturated rings. The van der Waals surface area contributed by atoms with E-state index in [4.69, 9.17) is 0 Å². The standard InChI is InChI=1S/C23H19N3O5/c1-3-24(4-2)21(27)14-8-10-16(11-9-14)25-22(28)18-7-5-6-15-12-17(26(30)31)13-19(20(15)18)23(25)29/h5-13H,3-4H2,1-2H3. The van der Waals surface area contributed by atoms with Gasteiger partial charge in [-0.2, -0.15) is 0 Å². The van der Waals surface area contributed by atoms with Crippen molar-refractivity contribution in [1.29, 1.82) is 0 Å². The van der Waals surface area contributed by atoms with E-state index < -0.39 is 16.7 Å². The fourth-order valence-corrected chi connectivity index (χ4v) is 3.88. The van der Waals surface area contributed by atoms with Gasteiger partial charge in [-0.15, -0.1) is 0 Å². The van der Waals surface area contributed by atoms with Gasteiger partial charge < -0.3 is 4.90 Å². The minimum Gasteiger partial charge on any atom is -0.339 e. The lowest BCUT2D eigenvalue weighted by molar-refractivity contribution is -0.384. The van der Waals surface area contributed by atoms with Crippen molar-refractivity contribution in [2.75, 3.05) is 18.0 Å². The first-order valence-electron chi connectivity index (χ1n) is 9.86. The Morgan fingerprint density at radius 1 is 0.968 bits per heavy atom. The molecule has 3 aromatic rings. The topological polar surface area (TPSA) is 101 Å². The molecule has 4 rings (SSSR count). The van der Waals surface area contributed by atoms with Crippen molar-refractivity contribution in [2.24, 2.45) is 0 Å². The maximum absolute atomic E-state index is 13.2. The number of imide groups is 1. The van der Waals surface area contributed by atoms with Gasteiger partial charge >= 0.3 is 0 Å². The first kappa shape index (κ1) is 20.2. The number of nitro benzene ring substituents is 1. The molecule has 0 unspecified atom stereocenters. The van der Waals surface area contributed by atoms with Gasteiger partial charge in [0.1, 0.15) is 0 Å². The van der Waals surface area contributed by atoms with Crippen LogP contribution in [0.4, 0.5) is 11.4 Å². The van der Waals surface area contributed by atoms with Gasteiger partial charge in [-0.1, -0.05) is 12.1 Å². The second-order valence-corrected chi connectivity index (χ2v) is 7.12. The third-order valence-corrected chi connectivity index (χ3v) is 5.46. The number of nitrogens with zero attached hydrogens (tertiary/aromatic N) is 3. The normalized spacial score (nSPS) is 12.9. The number of benzene rings is 3. The lowest BCUT2D eigenvalue weighted by Gasteiger charge is -2.27. The van der Waals surface area contributed by atoms with Gasteiger partial charge in [0.25, 0.3) is 23.4 Å².